The van der Waals surface area contributed by atoms with Gasteiger partial charge in [-0.1, -0.05) is 52.0 Å². The highest BCUT2D eigenvalue weighted by molar-refractivity contribution is 5.26. The number of hydrogen-bond donors (Lipinski definition) is 1. The van der Waals surface area contributed by atoms with Gasteiger partial charge in [-0.15, -0.1) is 0 Å². The van der Waals surface area contributed by atoms with Gasteiger partial charge in [-0.05, 0) is 42.9 Å². The quantitative estimate of drug-likeness (QED) is 0.670. The van der Waals surface area contributed by atoms with Gasteiger partial charge < -0.3 is 10.1 Å². The molecule has 1 rings (SSSR count). The molecule has 0 radical (unpaired) electrons. The molecule has 2 heteroatoms. The number of hydrogen-bond acceptors (Lipinski definition) is 2. The van der Waals surface area contributed by atoms with Crippen molar-refractivity contribution >= 4 is 0 Å². The van der Waals surface area contributed by atoms with E-state index in [1.165, 1.54) is 11.1 Å². The van der Waals surface area contributed by atoms with Gasteiger partial charge >= 0.3 is 0 Å². The Morgan fingerprint density at radius 3 is 2.10 bits per heavy atom. The van der Waals surface area contributed by atoms with E-state index in [0.29, 0.717) is 17.9 Å². The summed E-state index contributed by atoms with van der Waals surface area (Å²) in [4.78, 5) is 0. The highest BCUT2D eigenvalue weighted by atomic mass is 16.5. The van der Waals surface area contributed by atoms with Crippen molar-refractivity contribution < 1.29 is 4.74 Å². The molecule has 0 amide bonds. The van der Waals surface area contributed by atoms with Gasteiger partial charge in [0.25, 0.3) is 0 Å². The van der Waals surface area contributed by atoms with Gasteiger partial charge in [0.15, 0.2) is 0 Å². The average molecular weight is 277 g/mol. The molecule has 0 saturated carbocycles. The molecule has 0 bridgehead atoms. The molecule has 0 aliphatic rings. The van der Waals surface area contributed by atoms with Crippen molar-refractivity contribution in [2.45, 2.75) is 53.0 Å². The Bertz CT molecular complexity index is 356. The van der Waals surface area contributed by atoms with Crippen LogP contribution in [-0.4, -0.2) is 19.8 Å². The normalized spacial score (nSPS) is 13.2. The third-order valence-corrected chi connectivity index (χ3v) is 3.47. The molecule has 114 valence electrons. The Kier molecular flexibility index (Phi) is 7.86. The van der Waals surface area contributed by atoms with Gasteiger partial charge in [0.2, 0.25) is 0 Å². The monoisotopic (exact) mass is 277 g/mol. The molecule has 1 N–H and O–H groups in total. The molecular formula is C18H31NO. The summed E-state index contributed by atoms with van der Waals surface area (Å²) in [5, 5.41) is 3.56. The Morgan fingerprint density at radius 2 is 1.55 bits per heavy atom. The maximum Gasteiger partial charge on any atom is 0.0489 e. The molecular weight excluding hydrogens is 246 g/mol. The second kappa shape index (κ2) is 9.15. The minimum atomic E-state index is 0.404. The van der Waals surface area contributed by atoms with Crippen molar-refractivity contribution in [2.24, 2.45) is 5.92 Å². The Morgan fingerprint density at radius 1 is 0.950 bits per heavy atom. The van der Waals surface area contributed by atoms with Crippen molar-refractivity contribution in [3.05, 3.63) is 35.4 Å². The second-order valence-corrected chi connectivity index (χ2v) is 6.32. The first-order chi connectivity index (χ1) is 9.50. The van der Waals surface area contributed by atoms with Crippen LogP contribution in [0.1, 0.15) is 64.1 Å². The van der Waals surface area contributed by atoms with Gasteiger partial charge in [-0.2, -0.15) is 0 Å². The van der Waals surface area contributed by atoms with Gasteiger partial charge in [0, 0.05) is 19.3 Å². The highest BCUT2D eigenvalue weighted by Gasteiger charge is 2.05. The van der Waals surface area contributed by atoms with Crippen LogP contribution in [0.4, 0.5) is 0 Å². The van der Waals surface area contributed by atoms with Crippen LogP contribution in [-0.2, 0) is 4.74 Å². The first-order valence-corrected chi connectivity index (χ1v) is 7.91. The van der Waals surface area contributed by atoms with Crippen molar-refractivity contribution in [1.82, 2.24) is 5.32 Å². The zero-order valence-electron chi connectivity index (χ0n) is 13.8. The highest BCUT2D eigenvalue weighted by Crippen LogP contribution is 2.18. The van der Waals surface area contributed by atoms with Crippen LogP contribution in [0.5, 0.6) is 0 Å². The van der Waals surface area contributed by atoms with Crippen LogP contribution < -0.4 is 5.32 Å². The van der Waals surface area contributed by atoms with Crippen LogP contribution in [0.15, 0.2) is 24.3 Å². The fourth-order valence-corrected chi connectivity index (χ4v) is 2.10. The Balaban J connectivity index is 2.23. The van der Waals surface area contributed by atoms with E-state index in [2.05, 4.69) is 64.2 Å². The molecule has 1 unspecified atom stereocenters. The molecule has 1 atom stereocenters. The fraction of sp³-hybridized carbons (Fsp3) is 0.667. The topological polar surface area (TPSA) is 21.3 Å². The van der Waals surface area contributed by atoms with Crippen molar-refractivity contribution in [3.8, 4) is 0 Å². The van der Waals surface area contributed by atoms with E-state index in [1.54, 1.807) is 0 Å². The standard InChI is InChI=1S/C18H31NO/c1-14(2)13-20-12-6-11-19-16(5)18-9-7-17(8-10-18)15(3)4/h7-10,14-16,19H,6,11-13H2,1-5H3. The molecule has 0 heterocycles. The molecule has 2 nitrogen and oxygen atoms in total. The predicted molar refractivity (Wildman–Crippen MR) is 87.2 cm³/mol. The summed E-state index contributed by atoms with van der Waals surface area (Å²) in [6, 6.07) is 9.36. The van der Waals surface area contributed by atoms with E-state index in [-0.39, 0.29) is 0 Å². The van der Waals surface area contributed by atoms with E-state index in [0.717, 1.165) is 26.2 Å². The molecule has 0 fully saturated rings. The Hall–Kier alpha value is -0.860. The van der Waals surface area contributed by atoms with Crippen molar-refractivity contribution in [3.63, 3.8) is 0 Å². The van der Waals surface area contributed by atoms with E-state index in [9.17, 15) is 0 Å². The maximum absolute atomic E-state index is 5.58. The predicted octanol–water partition coefficient (Wildman–Crippen LogP) is 4.52. The van der Waals surface area contributed by atoms with Crippen LogP contribution in [0, 0.1) is 5.92 Å². The summed E-state index contributed by atoms with van der Waals surface area (Å²) in [6.07, 6.45) is 1.07. The molecule has 0 saturated heterocycles. The van der Waals surface area contributed by atoms with Crippen LogP contribution >= 0.6 is 0 Å². The van der Waals surface area contributed by atoms with Crippen molar-refractivity contribution in [1.29, 1.82) is 0 Å². The number of nitrogens with one attached hydrogen (secondary N) is 1. The second-order valence-electron chi connectivity index (χ2n) is 6.32. The summed E-state index contributed by atoms with van der Waals surface area (Å²) in [6.45, 7) is 13.8. The number of rotatable bonds is 9. The lowest BCUT2D eigenvalue weighted by Crippen LogP contribution is -2.21. The SMILES string of the molecule is CC(C)COCCCNC(C)c1ccc(C(C)C)cc1. The zero-order chi connectivity index (χ0) is 15.0. The first kappa shape index (κ1) is 17.2. The van der Waals surface area contributed by atoms with E-state index < -0.39 is 0 Å². The number of ether oxygens (including phenoxy) is 1. The lowest BCUT2D eigenvalue weighted by Gasteiger charge is -2.15. The van der Waals surface area contributed by atoms with E-state index in [4.69, 9.17) is 4.74 Å². The van der Waals surface area contributed by atoms with Gasteiger partial charge in [-0.25, -0.2) is 0 Å². The fourth-order valence-electron chi connectivity index (χ4n) is 2.10. The van der Waals surface area contributed by atoms with Crippen molar-refractivity contribution in [2.75, 3.05) is 19.8 Å². The summed E-state index contributed by atoms with van der Waals surface area (Å²) in [7, 11) is 0. The van der Waals surface area contributed by atoms with Gasteiger partial charge in [-0.3, -0.25) is 0 Å². The summed E-state index contributed by atoms with van der Waals surface area (Å²) >= 11 is 0. The zero-order valence-corrected chi connectivity index (χ0v) is 13.8. The van der Waals surface area contributed by atoms with Gasteiger partial charge in [0.05, 0.1) is 0 Å². The largest absolute Gasteiger partial charge is 0.381 e. The minimum absolute atomic E-state index is 0.404. The summed E-state index contributed by atoms with van der Waals surface area (Å²) in [5.74, 6) is 1.23. The third kappa shape index (κ3) is 6.53. The first-order valence-electron chi connectivity index (χ1n) is 7.91. The van der Waals surface area contributed by atoms with Crippen LogP contribution in [0.2, 0.25) is 0 Å². The molecule has 0 spiro atoms. The molecule has 0 aliphatic heterocycles. The molecule has 0 aliphatic carbocycles. The number of benzene rings is 1. The van der Waals surface area contributed by atoms with E-state index >= 15 is 0 Å². The minimum Gasteiger partial charge on any atom is -0.381 e. The summed E-state index contributed by atoms with van der Waals surface area (Å²) < 4.78 is 5.58. The molecule has 1 aromatic carbocycles. The van der Waals surface area contributed by atoms with E-state index in [1.807, 2.05) is 0 Å². The van der Waals surface area contributed by atoms with Crippen LogP contribution in [0.3, 0.4) is 0 Å². The average Bonchev–Trinajstić information content (AvgIpc) is 2.42. The lowest BCUT2D eigenvalue weighted by molar-refractivity contribution is 0.107. The van der Waals surface area contributed by atoms with Crippen LogP contribution in [0.25, 0.3) is 0 Å². The molecule has 20 heavy (non-hydrogen) atoms. The maximum atomic E-state index is 5.58. The smallest absolute Gasteiger partial charge is 0.0489 e. The molecule has 0 aromatic heterocycles. The Labute approximate surface area is 124 Å². The lowest BCUT2D eigenvalue weighted by atomic mass is 9.99. The van der Waals surface area contributed by atoms with Gasteiger partial charge in [0.1, 0.15) is 0 Å². The third-order valence-electron chi connectivity index (χ3n) is 3.47. The summed E-state index contributed by atoms with van der Waals surface area (Å²) in [5.41, 5.74) is 2.76. The molecule has 1 aromatic rings.